The molecule has 0 unspecified atom stereocenters. The second kappa shape index (κ2) is 5.80. The second-order valence-electron chi connectivity index (χ2n) is 4.55. The van der Waals surface area contributed by atoms with Crippen molar-refractivity contribution in [3.63, 3.8) is 0 Å². The number of pyridine rings is 1. The SMILES string of the molecule is CN1CCN(Nc2cc(C(=O)O)c([N+](=O)[O-])cn2)CC1. The van der Waals surface area contributed by atoms with Gasteiger partial charge in [0.1, 0.15) is 17.6 Å². The van der Waals surface area contributed by atoms with Crippen LogP contribution in [0.25, 0.3) is 0 Å². The van der Waals surface area contributed by atoms with E-state index >= 15 is 0 Å². The monoisotopic (exact) mass is 281 g/mol. The Morgan fingerprint density at radius 1 is 1.45 bits per heavy atom. The van der Waals surface area contributed by atoms with Crippen molar-refractivity contribution in [2.75, 3.05) is 38.7 Å². The minimum Gasteiger partial charge on any atom is -0.477 e. The molecule has 0 atom stereocenters. The van der Waals surface area contributed by atoms with Crippen LogP contribution in [0.3, 0.4) is 0 Å². The Hall–Kier alpha value is -2.26. The molecule has 0 radical (unpaired) electrons. The topological polar surface area (TPSA) is 112 Å². The molecule has 1 aliphatic heterocycles. The molecule has 0 bridgehead atoms. The lowest BCUT2D eigenvalue weighted by molar-refractivity contribution is -0.385. The van der Waals surface area contributed by atoms with Crippen molar-refractivity contribution in [2.24, 2.45) is 0 Å². The fourth-order valence-corrected chi connectivity index (χ4v) is 1.91. The fourth-order valence-electron chi connectivity index (χ4n) is 1.91. The molecule has 0 aliphatic carbocycles. The first-order valence-corrected chi connectivity index (χ1v) is 6.05. The van der Waals surface area contributed by atoms with Gasteiger partial charge in [0.05, 0.1) is 4.92 Å². The van der Waals surface area contributed by atoms with Crippen LogP contribution in [0.15, 0.2) is 12.3 Å². The van der Waals surface area contributed by atoms with E-state index < -0.39 is 16.6 Å². The quantitative estimate of drug-likeness (QED) is 0.597. The smallest absolute Gasteiger partial charge is 0.342 e. The number of anilines is 1. The number of carboxylic acids is 1. The number of likely N-dealkylation sites (N-methyl/N-ethyl adjacent to an activating group) is 1. The van der Waals surface area contributed by atoms with Gasteiger partial charge in [-0.3, -0.25) is 10.1 Å². The second-order valence-corrected chi connectivity index (χ2v) is 4.55. The zero-order valence-electron chi connectivity index (χ0n) is 10.9. The van der Waals surface area contributed by atoms with Gasteiger partial charge in [-0.2, -0.15) is 0 Å². The minimum absolute atomic E-state index is 0.289. The highest BCUT2D eigenvalue weighted by atomic mass is 16.6. The number of hydrazine groups is 1. The summed E-state index contributed by atoms with van der Waals surface area (Å²) in [5.74, 6) is -1.06. The van der Waals surface area contributed by atoms with Gasteiger partial charge in [-0.15, -0.1) is 0 Å². The number of carboxylic acid groups (broad SMARTS) is 1. The van der Waals surface area contributed by atoms with Gasteiger partial charge in [0.25, 0.3) is 0 Å². The third-order valence-electron chi connectivity index (χ3n) is 3.09. The van der Waals surface area contributed by atoms with Crippen LogP contribution in [0.2, 0.25) is 0 Å². The number of aromatic nitrogens is 1. The molecule has 9 nitrogen and oxygen atoms in total. The van der Waals surface area contributed by atoms with E-state index in [4.69, 9.17) is 5.11 Å². The van der Waals surface area contributed by atoms with E-state index in [9.17, 15) is 14.9 Å². The van der Waals surface area contributed by atoms with Crippen molar-refractivity contribution in [3.05, 3.63) is 27.9 Å². The van der Waals surface area contributed by atoms with E-state index in [1.807, 2.05) is 12.1 Å². The van der Waals surface area contributed by atoms with E-state index in [1.165, 1.54) is 6.07 Å². The predicted molar refractivity (Wildman–Crippen MR) is 70.5 cm³/mol. The highest BCUT2D eigenvalue weighted by molar-refractivity contribution is 5.93. The molecular formula is C11H15N5O4. The van der Waals surface area contributed by atoms with Crippen molar-refractivity contribution in [1.82, 2.24) is 14.9 Å². The van der Waals surface area contributed by atoms with Crippen molar-refractivity contribution in [3.8, 4) is 0 Å². The number of aromatic carboxylic acids is 1. The summed E-state index contributed by atoms with van der Waals surface area (Å²) in [5.41, 5.74) is 2.09. The number of piperazine rings is 1. The summed E-state index contributed by atoms with van der Waals surface area (Å²) in [5, 5.41) is 21.6. The summed E-state index contributed by atoms with van der Waals surface area (Å²) < 4.78 is 0. The number of hydrogen-bond donors (Lipinski definition) is 2. The summed E-state index contributed by atoms with van der Waals surface area (Å²) in [6.45, 7) is 3.28. The van der Waals surface area contributed by atoms with E-state index in [1.54, 1.807) is 0 Å². The van der Waals surface area contributed by atoms with Crippen LogP contribution in [0.1, 0.15) is 10.4 Å². The number of carbonyl (C=O) groups is 1. The summed E-state index contributed by atoms with van der Waals surface area (Å²) >= 11 is 0. The van der Waals surface area contributed by atoms with Gasteiger partial charge in [-0.05, 0) is 7.05 Å². The molecule has 2 heterocycles. The summed E-state index contributed by atoms with van der Waals surface area (Å²) in [4.78, 5) is 27.1. The number of nitrogens with zero attached hydrogens (tertiary/aromatic N) is 4. The molecule has 20 heavy (non-hydrogen) atoms. The van der Waals surface area contributed by atoms with Crippen LogP contribution >= 0.6 is 0 Å². The molecule has 0 saturated carbocycles. The minimum atomic E-state index is -1.35. The molecule has 0 amide bonds. The highest BCUT2D eigenvalue weighted by Crippen LogP contribution is 2.20. The zero-order valence-corrected chi connectivity index (χ0v) is 10.9. The molecule has 2 rings (SSSR count). The van der Waals surface area contributed by atoms with Gasteiger partial charge in [-0.1, -0.05) is 0 Å². The molecule has 1 fully saturated rings. The molecule has 1 saturated heterocycles. The Balaban J connectivity index is 2.15. The number of hydrogen-bond acceptors (Lipinski definition) is 7. The molecule has 0 spiro atoms. The summed E-state index contributed by atoms with van der Waals surface area (Å²) in [6, 6.07) is 1.18. The highest BCUT2D eigenvalue weighted by Gasteiger charge is 2.22. The van der Waals surface area contributed by atoms with Crippen LogP contribution in [-0.4, -0.2) is 64.1 Å². The van der Waals surface area contributed by atoms with Gasteiger partial charge < -0.3 is 15.4 Å². The van der Waals surface area contributed by atoms with Gasteiger partial charge in [0, 0.05) is 32.2 Å². The van der Waals surface area contributed by atoms with Gasteiger partial charge >= 0.3 is 11.7 Å². The predicted octanol–water partition coefficient (Wildman–Crippen LogP) is 0.262. The number of nitrogens with one attached hydrogen (secondary N) is 1. The largest absolute Gasteiger partial charge is 0.477 e. The summed E-state index contributed by atoms with van der Waals surface area (Å²) in [6.07, 6.45) is 0.960. The molecule has 108 valence electrons. The van der Waals surface area contributed by atoms with Gasteiger partial charge in [-0.25, -0.2) is 14.8 Å². The Morgan fingerprint density at radius 3 is 2.65 bits per heavy atom. The molecule has 0 aromatic carbocycles. The first-order valence-electron chi connectivity index (χ1n) is 6.05. The van der Waals surface area contributed by atoms with Crippen molar-refractivity contribution >= 4 is 17.5 Å². The maximum Gasteiger partial charge on any atom is 0.342 e. The van der Waals surface area contributed by atoms with Gasteiger partial charge in [0.2, 0.25) is 0 Å². The molecule has 1 aromatic heterocycles. The molecule has 2 N–H and O–H groups in total. The van der Waals surface area contributed by atoms with Crippen molar-refractivity contribution in [1.29, 1.82) is 0 Å². The third kappa shape index (κ3) is 3.19. The van der Waals surface area contributed by atoms with Crippen LogP contribution in [0.4, 0.5) is 11.5 Å². The molecular weight excluding hydrogens is 266 g/mol. The lowest BCUT2D eigenvalue weighted by atomic mass is 10.2. The van der Waals surface area contributed by atoms with E-state index in [2.05, 4.69) is 15.3 Å². The standard InChI is InChI=1S/C11H15N5O4/c1-14-2-4-15(5-3-14)13-10-6-8(11(17)18)9(7-12-10)16(19)20/h6-7H,2-5H2,1H3,(H,12,13)(H,17,18). The first kappa shape index (κ1) is 14.2. The Labute approximate surface area is 114 Å². The zero-order chi connectivity index (χ0) is 14.7. The average molecular weight is 281 g/mol. The lowest BCUT2D eigenvalue weighted by Gasteiger charge is -2.32. The van der Waals surface area contributed by atoms with Crippen molar-refractivity contribution in [2.45, 2.75) is 0 Å². The van der Waals surface area contributed by atoms with Crippen molar-refractivity contribution < 1.29 is 14.8 Å². The molecule has 9 heteroatoms. The van der Waals surface area contributed by atoms with Gasteiger partial charge in [0.15, 0.2) is 0 Å². The lowest BCUT2D eigenvalue weighted by Crippen LogP contribution is -2.47. The number of nitro groups is 1. The molecule has 1 aromatic rings. The Kier molecular flexibility index (Phi) is 4.11. The van der Waals surface area contributed by atoms with E-state index in [0.29, 0.717) is 0 Å². The van der Waals surface area contributed by atoms with Crippen LogP contribution in [-0.2, 0) is 0 Å². The van der Waals surface area contributed by atoms with Crippen LogP contribution in [0, 0.1) is 10.1 Å². The average Bonchev–Trinajstić information content (AvgIpc) is 2.41. The van der Waals surface area contributed by atoms with E-state index in [-0.39, 0.29) is 11.4 Å². The number of rotatable bonds is 4. The molecule has 1 aliphatic rings. The normalized spacial score (nSPS) is 16.9. The first-order chi connectivity index (χ1) is 9.47. The maximum atomic E-state index is 11.0. The Bertz CT molecular complexity index is 528. The fraction of sp³-hybridized carbons (Fsp3) is 0.455. The Morgan fingerprint density at radius 2 is 2.10 bits per heavy atom. The third-order valence-corrected chi connectivity index (χ3v) is 3.09. The van der Waals surface area contributed by atoms with E-state index in [0.717, 1.165) is 32.4 Å². The van der Waals surface area contributed by atoms with Crippen LogP contribution < -0.4 is 5.43 Å². The van der Waals surface area contributed by atoms with Crippen LogP contribution in [0.5, 0.6) is 0 Å². The maximum absolute atomic E-state index is 11.0. The summed E-state index contributed by atoms with van der Waals surface area (Å²) in [7, 11) is 2.02.